The molecule has 9 nitrogen and oxygen atoms in total. The van der Waals surface area contributed by atoms with Crippen LogP contribution in [0.5, 0.6) is 28.7 Å². The van der Waals surface area contributed by atoms with Crippen molar-refractivity contribution in [1.82, 2.24) is 0 Å². The standard InChI is InChI=1S/C36H35NO8/c1-43-33-13-21(3-7-30(33)41)36-31(42)15-27-28-12-22(11-19-2-6-29-20(10-19)8-9-37-29)26-14-23(40)4-5-25(26)35(28)34(16-32(27)45-36)44-24(17-38)18-39/h2-8,10,13-14,16,22,24,31,36,38-42H,9,11-12,15,17-18H2,1H3/t22-,31-,36-/m1/s1. The van der Waals surface area contributed by atoms with Gasteiger partial charge in [-0.3, -0.25) is 4.99 Å². The minimum absolute atomic E-state index is 0.00181. The van der Waals surface area contributed by atoms with E-state index in [0.717, 1.165) is 44.0 Å². The zero-order valence-electron chi connectivity index (χ0n) is 24.8. The molecule has 0 amide bonds. The average molecular weight is 610 g/mol. The number of benzene rings is 4. The number of phenols is 2. The van der Waals surface area contributed by atoms with Crippen LogP contribution in [0.3, 0.4) is 0 Å². The van der Waals surface area contributed by atoms with E-state index >= 15 is 0 Å². The van der Waals surface area contributed by atoms with Crippen LogP contribution in [0.2, 0.25) is 0 Å². The van der Waals surface area contributed by atoms with Crippen LogP contribution >= 0.6 is 0 Å². The van der Waals surface area contributed by atoms with Crippen molar-refractivity contribution in [2.45, 2.75) is 43.5 Å². The summed E-state index contributed by atoms with van der Waals surface area (Å²) in [6.45, 7) is -0.0841. The van der Waals surface area contributed by atoms with Crippen molar-refractivity contribution >= 4 is 6.08 Å². The van der Waals surface area contributed by atoms with E-state index in [1.54, 1.807) is 30.3 Å². The summed E-state index contributed by atoms with van der Waals surface area (Å²) in [5.74, 6) is 1.40. The van der Waals surface area contributed by atoms with Crippen LogP contribution in [0.25, 0.3) is 17.2 Å². The molecule has 3 atom stereocenters. The molecule has 45 heavy (non-hydrogen) atoms. The molecular weight excluding hydrogens is 574 g/mol. The van der Waals surface area contributed by atoms with Gasteiger partial charge in [-0.25, -0.2) is 0 Å². The summed E-state index contributed by atoms with van der Waals surface area (Å²) in [7, 11) is 1.46. The summed E-state index contributed by atoms with van der Waals surface area (Å²) in [6, 6.07) is 18.3. The fraction of sp³-hybridized carbons (Fsp3) is 0.306. The van der Waals surface area contributed by atoms with Gasteiger partial charge in [0.1, 0.15) is 29.5 Å². The molecule has 0 spiro atoms. The van der Waals surface area contributed by atoms with Crippen LogP contribution in [-0.4, -0.2) is 64.6 Å². The highest BCUT2D eigenvalue weighted by Gasteiger charge is 2.38. The third-order valence-electron chi connectivity index (χ3n) is 9.06. The van der Waals surface area contributed by atoms with E-state index in [1.807, 2.05) is 6.07 Å². The van der Waals surface area contributed by atoms with E-state index in [4.69, 9.17) is 14.2 Å². The number of rotatable bonds is 8. The fourth-order valence-electron chi connectivity index (χ4n) is 6.89. The number of aliphatic hydroxyl groups is 3. The second-order valence-corrected chi connectivity index (χ2v) is 11.9. The first-order valence-corrected chi connectivity index (χ1v) is 15.1. The Labute approximate surface area is 259 Å². The third-order valence-corrected chi connectivity index (χ3v) is 9.06. The van der Waals surface area contributed by atoms with E-state index in [9.17, 15) is 25.5 Å². The maximum absolute atomic E-state index is 11.4. The van der Waals surface area contributed by atoms with Gasteiger partial charge in [0.15, 0.2) is 11.5 Å². The second-order valence-electron chi connectivity index (χ2n) is 11.9. The van der Waals surface area contributed by atoms with Crippen LogP contribution in [0.1, 0.15) is 39.8 Å². The number of aliphatic hydroxyl groups excluding tert-OH is 3. The third kappa shape index (κ3) is 5.27. The molecule has 4 aromatic carbocycles. The first kappa shape index (κ1) is 29.2. The minimum atomic E-state index is -0.888. The molecule has 0 saturated heterocycles. The summed E-state index contributed by atoms with van der Waals surface area (Å²) in [6.07, 6.45) is 1.25. The van der Waals surface area contributed by atoms with E-state index in [-0.39, 0.29) is 36.4 Å². The van der Waals surface area contributed by atoms with Crippen LogP contribution in [0.4, 0.5) is 0 Å². The second kappa shape index (κ2) is 11.7. The lowest BCUT2D eigenvalue weighted by molar-refractivity contribution is 0.0196. The van der Waals surface area contributed by atoms with Crippen molar-refractivity contribution in [2.24, 2.45) is 4.99 Å². The van der Waals surface area contributed by atoms with Gasteiger partial charge in [0.05, 0.1) is 38.3 Å². The molecule has 232 valence electrons. The maximum Gasteiger partial charge on any atom is 0.160 e. The lowest BCUT2D eigenvalue weighted by Crippen LogP contribution is -2.32. The molecule has 0 radical (unpaired) electrons. The molecule has 9 heteroatoms. The number of phenolic OH excluding ortho intramolecular Hbond substituents is 2. The normalized spacial score (nSPS) is 19.4. The minimum Gasteiger partial charge on any atom is -0.508 e. The number of hydrogen-bond acceptors (Lipinski definition) is 9. The Morgan fingerprint density at radius 3 is 2.58 bits per heavy atom. The molecule has 2 aliphatic heterocycles. The van der Waals surface area contributed by atoms with Crippen molar-refractivity contribution in [3.8, 4) is 39.9 Å². The van der Waals surface area contributed by atoms with Gasteiger partial charge < -0.3 is 39.7 Å². The van der Waals surface area contributed by atoms with Crippen molar-refractivity contribution in [2.75, 3.05) is 26.9 Å². The van der Waals surface area contributed by atoms with Crippen LogP contribution in [0, 0.1) is 0 Å². The summed E-state index contributed by atoms with van der Waals surface area (Å²) in [4.78, 5) is 4.51. The predicted molar refractivity (Wildman–Crippen MR) is 167 cm³/mol. The van der Waals surface area contributed by atoms with Gasteiger partial charge in [-0.05, 0) is 88.2 Å². The lowest BCUT2D eigenvalue weighted by atomic mass is 9.73. The van der Waals surface area contributed by atoms with E-state index in [0.29, 0.717) is 42.9 Å². The Morgan fingerprint density at radius 2 is 1.78 bits per heavy atom. The van der Waals surface area contributed by atoms with Gasteiger partial charge in [0.2, 0.25) is 0 Å². The highest BCUT2D eigenvalue weighted by atomic mass is 16.5. The Kier molecular flexibility index (Phi) is 7.61. The summed E-state index contributed by atoms with van der Waals surface area (Å²) < 4.78 is 18.0. The molecule has 0 fully saturated rings. The quantitative estimate of drug-likeness (QED) is 0.206. The van der Waals surface area contributed by atoms with Crippen LogP contribution in [0.15, 0.2) is 65.7 Å². The Balaban J connectivity index is 1.35. The smallest absolute Gasteiger partial charge is 0.160 e. The highest BCUT2D eigenvalue weighted by Crippen LogP contribution is 2.52. The fourth-order valence-corrected chi connectivity index (χ4v) is 6.89. The van der Waals surface area contributed by atoms with Crippen molar-refractivity contribution in [3.63, 3.8) is 0 Å². The molecule has 2 heterocycles. The Hall–Kier alpha value is -4.57. The van der Waals surface area contributed by atoms with Crippen LogP contribution in [-0.2, 0) is 19.3 Å². The van der Waals surface area contributed by atoms with E-state index in [2.05, 4.69) is 29.3 Å². The zero-order chi connectivity index (χ0) is 31.2. The van der Waals surface area contributed by atoms with Gasteiger partial charge in [-0.1, -0.05) is 24.3 Å². The van der Waals surface area contributed by atoms with Gasteiger partial charge in [-0.2, -0.15) is 0 Å². The lowest BCUT2D eigenvalue weighted by Gasteiger charge is -2.37. The molecule has 0 saturated carbocycles. The molecule has 7 rings (SSSR count). The average Bonchev–Trinajstić information content (AvgIpc) is 3.52. The topological polar surface area (TPSA) is 141 Å². The van der Waals surface area contributed by atoms with Crippen molar-refractivity contribution < 1.29 is 39.7 Å². The molecular formula is C36H35NO8. The zero-order valence-corrected chi connectivity index (χ0v) is 24.8. The van der Waals surface area contributed by atoms with Crippen LogP contribution < -0.4 is 24.8 Å². The first-order chi connectivity index (χ1) is 21.9. The Morgan fingerprint density at radius 1 is 0.933 bits per heavy atom. The van der Waals surface area contributed by atoms with E-state index in [1.165, 1.54) is 13.2 Å². The van der Waals surface area contributed by atoms with E-state index < -0.39 is 18.3 Å². The first-order valence-electron chi connectivity index (χ1n) is 15.1. The van der Waals surface area contributed by atoms with Gasteiger partial charge in [0, 0.05) is 23.6 Å². The SMILES string of the molecule is COc1cc([C@H]2Oc3cc(OC(CO)CO)c4c(c3C[C@H]2O)C[C@@H](Cc2ccc3c(c2)=CCN=3)c2cc(O)ccc2-4)ccc1O. The van der Waals surface area contributed by atoms with Crippen molar-refractivity contribution in [1.29, 1.82) is 0 Å². The van der Waals surface area contributed by atoms with Crippen molar-refractivity contribution in [3.05, 3.63) is 99.1 Å². The van der Waals surface area contributed by atoms with Gasteiger partial charge in [0.25, 0.3) is 0 Å². The summed E-state index contributed by atoms with van der Waals surface area (Å²) in [5, 5.41) is 54.1. The number of fused-ring (bicyclic) bond motifs is 6. The molecule has 5 N–H and O–H groups in total. The molecule has 3 aliphatic rings. The maximum atomic E-state index is 11.4. The molecule has 1 aliphatic carbocycles. The number of aromatic hydroxyl groups is 2. The molecule has 0 bridgehead atoms. The number of ether oxygens (including phenoxy) is 3. The summed E-state index contributed by atoms with van der Waals surface area (Å²) >= 11 is 0. The Bertz CT molecular complexity index is 1900. The molecule has 0 unspecified atom stereocenters. The monoisotopic (exact) mass is 609 g/mol. The van der Waals surface area contributed by atoms with Gasteiger partial charge in [-0.15, -0.1) is 0 Å². The number of nitrogens with zero attached hydrogens (tertiary/aromatic N) is 1. The van der Waals surface area contributed by atoms with Gasteiger partial charge >= 0.3 is 0 Å². The predicted octanol–water partition coefficient (Wildman–Crippen LogP) is 2.84. The highest BCUT2D eigenvalue weighted by molar-refractivity contribution is 5.83. The molecule has 0 aromatic heterocycles. The molecule has 4 aromatic rings. The summed E-state index contributed by atoms with van der Waals surface area (Å²) in [5.41, 5.74) is 6.28. The number of hydrogen-bond donors (Lipinski definition) is 5. The largest absolute Gasteiger partial charge is 0.508 e. The number of methoxy groups -OCH3 is 1.